The van der Waals surface area contributed by atoms with Gasteiger partial charge >= 0.3 is 0 Å². The minimum Gasteiger partial charge on any atom is -0.443 e. The van der Waals surface area contributed by atoms with E-state index in [2.05, 4.69) is 20.1 Å². The molecule has 144 valence electrons. The predicted molar refractivity (Wildman–Crippen MR) is 105 cm³/mol. The van der Waals surface area contributed by atoms with Crippen LogP contribution in [-0.4, -0.2) is 29.7 Å². The number of anilines is 1. The maximum atomic E-state index is 10.1. The van der Waals surface area contributed by atoms with Gasteiger partial charge in [0.05, 0.1) is 11.8 Å². The standard InChI is InChI=1S/C20H22N6O2/c1-12-16(18-22-10-11-28-18)24-19(21)26-17(12)23-15(25-26)9-6-13-4-7-14(8-5-13)20(2,3)27/h4-5,7-8,10-11,27H,6,9H2,1-3H3,(H2,21,24). The van der Waals surface area contributed by atoms with Crippen LogP contribution in [0.2, 0.25) is 0 Å². The monoisotopic (exact) mass is 378 g/mol. The summed E-state index contributed by atoms with van der Waals surface area (Å²) in [6.45, 7) is 5.45. The molecule has 3 N–H and O–H groups in total. The highest BCUT2D eigenvalue weighted by Crippen LogP contribution is 2.24. The van der Waals surface area contributed by atoms with E-state index in [1.54, 1.807) is 24.6 Å². The van der Waals surface area contributed by atoms with Crippen molar-refractivity contribution in [2.75, 3.05) is 5.73 Å². The fourth-order valence-electron chi connectivity index (χ4n) is 3.10. The maximum Gasteiger partial charge on any atom is 0.245 e. The second kappa shape index (κ2) is 6.72. The number of oxazole rings is 1. The van der Waals surface area contributed by atoms with Gasteiger partial charge < -0.3 is 15.3 Å². The zero-order valence-corrected chi connectivity index (χ0v) is 16.0. The van der Waals surface area contributed by atoms with Gasteiger partial charge in [-0.1, -0.05) is 24.3 Å². The Morgan fingerprint density at radius 3 is 2.54 bits per heavy atom. The molecule has 0 unspecified atom stereocenters. The maximum absolute atomic E-state index is 10.1. The van der Waals surface area contributed by atoms with E-state index >= 15 is 0 Å². The Kier molecular flexibility index (Phi) is 4.35. The number of aliphatic hydroxyl groups is 1. The van der Waals surface area contributed by atoms with Crippen LogP contribution >= 0.6 is 0 Å². The van der Waals surface area contributed by atoms with Crippen LogP contribution in [-0.2, 0) is 18.4 Å². The normalized spacial score (nSPS) is 12.0. The Morgan fingerprint density at radius 1 is 1.14 bits per heavy atom. The van der Waals surface area contributed by atoms with E-state index in [1.807, 2.05) is 31.2 Å². The number of hydrogen-bond donors (Lipinski definition) is 2. The predicted octanol–water partition coefficient (Wildman–Crippen LogP) is 2.68. The van der Waals surface area contributed by atoms with Crippen LogP contribution in [0.15, 0.2) is 41.1 Å². The third-order valence-electron chi connectivity index (χ3n) is 4.72. The van der Waals surface area contributed by atoms with Gasteiger partial charge in [0, 0.05) is 12.0 Å². The summed E-state index contributed by atoms with van der Waals surface area (Å²) in [6.07, 6.45) is 4.50. The van der Waals surface area contributed by atoms with Gasteiger partial charge in [-0.25, -0.2) is 15.0 Å². The summed E-state index contributed by atoms with van der Waals surface area (Å²) in [5, 5.41) is 14.6. The van der Waals surface area contributed by atoms with Crippen molar-refractivity contribution in [3.8, 4) is 11.6 Å². The van der Waals surface area contributed by atoms with E-state index < -0.39 is 5.60 Å². The lowest BCUT2D eigenvalue weighted by Crippen LogP contribution is -2.15. The number of rotatable bonds is 5. The van der Waals surface area contributed by atoms with Gasteiger partial charge in [-0.05, 0) is 38.3 Å². The molecule has 8 heteroatoms. The lowest BCUT2D eigenvalue weighted by Gasteiger charge is -2.17. The molecule has 0 saturated heterocycles. The van der Waals surface area contributed by atoms with Gasteiger partial charge in [-0.3, -0.25) is 0 Å². The Hall–Kier alpha value is -3.26. The van der Waals surface area contributed by atoms with E-state index in [9.17, 15) is 5.11 Å². The molecule has 3 aromatic heterocycles. The second-order valence-electron chi connectivity index (χ2n) is 7.30. The quantitative estimate of drug-likeness (QED) is 0.548. The number of benzene rings is 1. The summed E-state index contributed by atoms with van der Waals surface area (Å²) < 4.78 is 6.90. The van der Waals surface area contributed by atoms with Crippen molar-refractivity contribution >= 4 is 11.6 Å². The average Bonchev–Trinajstić information content (AvgIpc) is 3.33. The molecule has 0 bridgehead atoms. The molecule has 0 spiro atoms. The zero-order chi connectivity index (χ0) is 19.9. The van der Waals surface area contributed by atoms with Crippen molar-refractivity contribution in [1.29, 1.82) is 0 Å². The van der Waals surface area contributed by atoms with Crippen LogP contribution in [0.4, 0.5) is 5.95 Å². The zero-order valence-electron chi connectivity index (χ0n) is 16.0. The molecule has 0 atom stereocenters. The highest BCUT2D eigenvalue weighted by Gasteiger charge is 2.18. The van der Waals surface area contributed by atoms with Crippen molar-refractivity contribution in [2.45, 2.75) is 39.2 Å². The van der Waals surface area contributed by atoms with Gasteiger partial charge in [-0.15, -0.1) is 5.10 Å². The van der Waals surface area contributed by atoms with Crippen LogP contribution in [0.25, 0.3) is 17.2 Å². The van der Waals surface area contributed by atoms with E-state index in [0.29, 0.717) is 29.5 Å². The first kappa shape index (κ1) is 18.1. The van der Waals surface area contributed by atoms with E-state index in [4.69, 9.17) is 10.2 Å². The minimum atomic E-state index is -0.843. The molecule has 4 aromatic rings. The van der Waals surface area contributed by atoms with E-state index in [1.165, 1.54) is 6.26 Å². The fourth-order valence-corrected chi connectivity index (χ4v) is 3.10. The molecule has 4 rings (SSSR count). The van der Waals surface area contributed by atoms with Gasteiger partial charge in [0.2, 0.25) is 11.8 Å². The molecule has 0 aliphatic heterocycles. The molecular formula is C20H22N6O2. The summed E-state index contributed by atoms with van der Waals surface area (Å²) in [5.74, 6) is 1.33. The first-order chi connectivity index (χ1) is 13.3. The van der Waals surface area contributed by atoms with E-state index in [-0.39, 0.29) is 5.95 Å². The molecule has 0 aliphatic carbocycles. The number of nitrogens with two attached hydrogens (primary N) is 1. The number of fused-ring (bicyclic) bond motifs is 1. The van der Waals surface area contributed by atoms with Gasteiger partial charge in [-0.2, -0.15) is 4.52 Å². The first-order valence-electron chi connectivity index (χ1n) is 9.06. The van der Waals surface area contributed by atoms with Gasteiger partial charge in [0.15, 0.2) is 11.5 Å². The highest BCUT2D eigenvalue weighted by atomic mass is 16.3. The molecule has 0 radical (unpaired) electrons. The topological polar surface area (TPSA) is 115 Å². The molecule has 0 fully saturated rings. The third kappa shape index (κ3) is 3.34. The Bertz CT molecular complexity index is 1110. The molecule has 0 aliphatic rings. The number of hydrogen-bond acceptors (Lipinski definition) is 7. The summed E-state index contributed by atoms with van der Waals surface area (Å²) in [6, 6.07) is 7.93. The van der Waals surface area contributed by atoms with Gasteiger partial charge in [0.1, 0.15) is 12.0 Å². The smallest absolute Gasteiger partial charge is 0.245 e. The lowest BCUT2D eigenvalue weighted by atomic mass is 9.96. The molecule has 8 nitrogen and oxygen atoms in total. The lowest BCUT2D eigenvalue weighted by molar-refractivity contribution is 0.0786. The number of aryl methyl sites for hydroxylation is 3. The Balaban J connectivity index is 1.58. The molecule has 0 saturated carbocycles. The van der Waals surface area contributed by atoms with Crippen molar-refractivity contribution in [1.82, 2.24) is 24.6 Å². The van der Waals surface area contributed by atoms with Crippen LogP contribution < -0.4 is 5.73 Å². The summed E-state index contributed by atoms with van der Waals surface area (Å²) in [5.41, 5.74) is 9.28. The SMILES string of the molecule is Cc1c(-c2ncco2)nc(N)n2nc(CCc3ccc(C(C)(C)O)cc3)nc12. The minimum absolute atomic E-state index is 0.238. The molecule has 3 heterocycles. The second-order valence-corrected chi connectivity index (χ2v) is 7.30. The van der Waals surface area contributed by atoms with E-state index in [0.717, 1.165) is 23.1 Å². The van der Waals surface area contributed by atoms with Crippen molar-refractivity contribution < 1.29 is 9.52 Å². The third-order valence-corrected chi connectivity index (χ3v) is 4.72. The molecular weight excluding hydrogens is 356 g/mol. The van der Waals surface area contributed by atoms with Crippen molar-refractivity contribution in [3.05, 3.63) is 59.2 Å². The average molecular weight is 378 g/mol. The van der Waals surface area contributed by atoms with Crippen LogP contribution in [0.5, 0.6) is 0 Å². The van der Waals surface area contributed by atoms with Gasteiger partial charge in [0.25, 0.3) is 0 Å². The Morgan fingerprint density at radius 2 is 1.89 bits per heavy atom. The highest BCUT2D eigenvalue weighted by molar-refractivity contribution is 5.65. The Labute approximate surface area is 162 Å². The van der Waals surface area contributed by atoms with Crippen molar-refractivity contribution in [3.63, 3.8) is 0 Å². The largest absolute Gasteiger partial charge is 0.443 e. The van der Waals surface area contributed by atoms with Crippen LogP contribution in [0.1, 0.15) is 36.4 Å². The number of nitrogens with zero attached hydrogens (tertiary/aromatic N) is 5. The number of aromatic nitrogens is 5. The van der Waals surface area contributed by atoms with Crippen LogP contribution in [0.3, 0.4) is 0 Å². The number of nitrogen functional groups attached to an aromatic ring is 1. The summed E-state index contributed by atoms with van der Waals surface area (Å²) in [7, 11) is 0. The molecule has 1 aromatic carbocycles. The summed E-state index contributed by atoms with van der Waals surface area (Å²) >= 11 is 0. The fraction of sp³-hybridized carbons (Fsp3) is 0.300. The first-order valence-corrected chi connectivity index (χ1v) is 9.06. The van der Waals surface area contributed by atoms with Crippen LogP contribution in [0, 0.1) is 6.92 Å². The van der Waals surface area contributed by atoms with Crippen molar-refractivity contribution in [2.24, 2.45) is 0 Å². The molecule has 0 amide bonds. The summed E-state index contributed by atoms with van der Waals surface area (Å²) in [4.78, 5) is 13.1. The molecule has 28 heavy (non-hydrogen) atoms.